The first-order chi connectivity index (χ1) is 16.0. The third kappa shape index (κ3) is 4.79. The molecule has 5 rings (SSSR count). The van der Waals surface area contributed by atoms with E-state index in [0.29, 0.717) is 23.5 Å². The largest absolute Gasteiger partial charge is 0.367 e. The summed E-state index contributed by atoms with van der Waals surface area (Å²) in [4.78, 5) is 33.9. The van der Waals surface area contributed by atoms with Crippen LogP contribution in [0.1, 0.15) is 34.6 Å². The minimum Gasteiger partial charge on any atom is -0.367 e. The lowest BCUT2D eigenvalue weighted by Gasteiger charge is -2.14. The molecule has 33 heavy (non-hydrogen) atoms. The van der Waals surface area contributed by atoms with Crippen LogP contribution < -0.4 is 16.0 Å². The number of nitrogens with zero attached hydrogens (tertiary/aromatic N) is 6. The van der Waals surface area contributed by atoms with Crippen LogP contribution >= 0.6 is 0 Å². The monoisotopic (exact) mass is 441 g/mol. The second-order valence-corrected chi connectivity index (χ2v) is 7.95. The van der Waals surface area contributed by atoms with Crippen molar-refractivity contribution < 1.29 is 4.79 Å². The summed E-state index contributed by atoms with van der Waals surface area (Å²) in [6, 6.07) is 8.02. The fraction of sp³-hybridized carbons (Fsp3) is 0.217. The maximum atomic E-state index is 12.5. The molecule has 0 saturated heterocycles. The highest BCUT2D eigenvalue weighted by molar-refractivity contribution is 6.03. The molecule has 10 nitrogen and oxygen atoms in total. The molecule has 0 radical (unpaired) electrons. The number of amides is 1. The van der Waals surface area contributed by atoms with E-state index in [2.05, 4.69) is 40.9 Å². The van der Waals surface area contributed by atoms with Gasteiger partial charge >= 0.3 is 0 Å². The highest BCUT2D eigenvalue weighted by Crippen LogP contribution is 2.27. The zero-order chi connectivity index (χ0) is 22.8. The maximum Gasteiger partial charge on any atom is 0.275 e. The van der Waals surface area contributed by atoms with Crippen LogP contribution in [0.4, 0.5) is 23.1 Å². The molecule has 0 aliphatic heterocycles. The van der Waals surface area contributed by atoms with E-state index in [9.17, 15) is 4.79 Å². The molecule has 1 aromatic carbocycles. The van der Waals surface area contributed by atoms with Crippen LogP contribution in [0.5, 0.6) is 0 Å². The van der Waals surface area contributed by atoms with Crippen molar-refractivity contribution in [3.63, 3.8) is 0 Å². The van der Waals surface area contributed by atoms with Crippen molar-refractivity contribution in [1.82, 2.24) is 29.5 Å². The molecule has 1 aliphatic rings. The van der Waals surface area contributed by atoms with Gasteiger partial charge in [0.25, 0.3) is 5.91 Å². The molecule has 3 N–H and O–H groups in total. The van der Waals surface area contributed by atoms with Gasteiger partial charge in [0.2, 0.25) is 5.95 Å². The number of anilines is 4. The Labute approximate surface area is 190 Å². The van der Waals surface area contributed by atoms with Crippen molar-refractivity contribution in [2.24, 2.45) is 0 Å². The first-order valence-electron chi connectivity index (χ1n) is 10.6. The van der Waals surface area contributed by atoms with Gasteiger partial charge in [-0.3, -0.25) is 14.3 Å². The van der Waals surface area contributed by atoms with Crippen molar-refractivity contribution in [3.05, 3.63) is 72.3 Å². The number of rotatable bonds is 7. The molecule has 0 bridgehead atoms. The Balaban J connectivity index is 1.35. The molecule has 0 spiro atoms. The predicted molar refractivity (Wildman–Crippen MR) is 125 cm³/mol. The molecular weight excluding hydrogens is 418 g/mol. The first kappa shape index (κ1) is 20.6. The summed E-state index contributed by atoms with van der Waals surface area (Å²) in [6.45, 7) is 3.80. The van der Waals surface area contributed by atoms with Gasteiger partial charge < -0.3 is 16.0 Å². The fourth-order valence-corrected chi connectivity index (χ4v) is 3.24. The van der Waals surface area contributed by atoms with E-state index in [1.165, 1.54) is 19.0 Å². The van der Waals surface area contributed by atoms with Crippen molar-refractivity contribution in [2.75, 3.05) is 16.0 Å². The van der Waals surface area contributed by atoms with Crippen LogP contribution in [-0.4, -0.2) is 41.4 Å². The van der Waals surface area contributed by atoms with E-state index >= 15 is 0 Å². The highest BCUT2D eigenvalue weighted by Gasteiger charge is 2.21. The molecule has 1 fully saturated rings. The number of carbonyl (C=O) groups is 1. The van der Waals surface area contributed by atoms with Crippen molar-refractivity contribution >= 4 is 29.0 Å². The number of benzene rings is 1. The SMILES string of the molecule is Cc1cnc(C(=O)Nc2ccc(C)c(Nc3nccn3-c3cc(NC4CC4)ncn3)c2)cn1. The van der Waals surface area contributed by atoms with Crippen LogP contribution in [0.2, 0.25) is 0 Å². The first-order valence-corrected chi connectivity index (χ1v) is 10.6. The quantitative estimate of drug-likeness (QED) is 0.397. The van der Waals surface area contributed by atoms with Crippen molar-refractivity contribution in [1.29, 1.82) is 0 Å². The summed E-state index contributed by atoms with van der Waals surface area (Å²) < 4.78 is 1.85. The number of aryl methyl sites for hydroxylation is 2. The number of carbonyl (C=O) groups excluding carboxylic acids is 1. The Hall–Kier alpha value is -4.34. The Morgan fingerprint density at radius 2 is 1.91 bits per heavy atom. The Morgan fingerprint density at radius 3 is 2.70 bits per heavy atom. The average molecular weight is 441 g/mol. The normalized spacial score (nSPS) is 12.9. The van der Waals surface area contributed by atoms with Gasteiger partial charge in [0.15, 0.2) is 0 Å². The lowest BCUT2D eigenvalue weighted by atomic mass is 10.1. The summed E-state index contributed by atoms with van der Waals surface area (Å²) in [7, 11) is 0. The third-order valence-electron chi connectivity index (χ3n) is 5.23. The molecule has 10 heteroatoms. The Morgan fingerprint density at radius 1 is 1.03 bits per heavy atom. The topological polar surface area (TPSA) is 123 Å². The van der Waals surface area contributed by atoms with Gasteiger partial charge in [-0.15, -0.1) is 0 Å². The van der Waals surface area contributed by atoms with E-state index in [1.54, 1.807) is 18.7 Å². The molecule has 3 aromatic heterocycles. The molecule has 1 saturated carbocycles. The fourth-order valence-electron chi connectivity index (χ4n) is 3.24. The second kappa shape index (κ2) is 8.65. The van der Waals surface area contributed by atoms with Gasteiger partial charge in [-0.25, -0.2) is 19.9 Å². The average Bonchev–Trinajstić information content (AvgIpc) is 3.51. The summed E-state index contributed by atoms with van der Waals surface area (Å²) in [5.41, 5.74) is 3.44. The molecular formula is C23H23N9O. The Bertz CT molecular complexity index is 1300. The lowest BCUT2D eigenvalue weighted by molar-refractivity contribution is 0.102. The van der Waals surface area contributed by atoms with Crippen LogP contribution in [0, 0.1) is 13.8 Å². The van der Waals surface area contributed by atoms with Gasteiger partial charge in [0, 0.05) is 42.1 Å². The summed E-state index contributed by atoms with van der Waals surface area (Å²) in [5, 5.41) is 9.59. The maximum absolute atomic E-state index is 12.5. The third-order valence-corrected chi connectivity index (χ3v) is 5.23. The van der Waals surface area contributed by atoms with Gasteiger partial charge in [-0.05, 0) is 44.4 Å². The van der Waals surface area contributed by atoms with Gasteiger partial charge in [0.1, 0.15) is 23.7 Å². The molecule has 1 aliphatic carbocycles. The van der Waals surface area contributed by atoms with E-state index in [4.69, 9.17) is 0 Å². The number of imidazole rings is 1. The number of nitrogens with one attached hydrogen (secondary N) is 3. The summed E-state index contributed by atoms with van der Waals surface area (Å²) in [5.74, 6) is 1.77. The van der Waals surface area contributed by atoms with Gasteiger partial charge in [-0.2, -0.15) is 0 Å². The minimum atomic E-state index is -0.324. The number of hydrogen-bond acceptors (Lipinski definition) is 8. The zero-order valence-corrected chi connectivity index (χ0v) is 18.3. The van der Waals surface area contributed by atoms with E-state index < -0.39 is 0 Å². The summed E-state index contributed by atoms with van der Waals surface area (Å²) in [6.07, 6.45) is 10.4. The van der Waals surface area contributed by atoms with Crippen molar-refractivity contribution in [3.8, 4) is 5.82 Å². The van der Waals surface area contributed by atoms with Gasteiger partial charge in [0.05, 0.1) is 11.9 Å². The van der Waals surface area contributed by atoms with Crippen LogP contribution in [0.25, 0.3) is 5.82 Å². The highest BCUT2D eigenvalue weighted by atomic mass is 16.1. The number of hydrogen-bond donors (Lipinski definition) is 3. The van der Waals surface area contributed by atoms with Crippen LogP contribution in [-0.2, 0) is 0 Å². The molecule has 166 valence electrons. The lowest BCUT2D eigenvalue weighted by Crippen LogP contribution is -2.14. The predicted octanol–water partition coefficient (Wildman–Crippen LogP) is 3.64. The standard InChI is InChI=1S/C23H23N9O/c1-14-3-4-17(30-22(33)19-12-25-15(2)11-26-19)9-18(14)31-23-24-7-8-32(23)21-10-20(27-13-28-21)29-16-5-6-16/h3-4,7-13,16H,5-6H2,1-2H3,(H,24,31)(H,30,33)(H,27,28,29). The van der Waals surface area contributed by atoms with E-state index in [1.807, 2.05) is 48.9 Å². The second-order valence-electron chi connectivity index (χ2n) is 7.95. The molecule has 3 heterocycles. The van der Waals surface area contributed by atoms with Crippen molar-refractivity contribution in [2.45, 2.75) is 32.7 Å². The Kier molecular flexibility index (Phi) is 5.39. The molecule has 0 atom stereocenters. The number of aromatic nitrogens is 6. The zero-order valence-electron chi connectivity index (χ0n) is 18.3. The van der Waals surface area contributed by atoms with Crippen LogP contribution in [0.15, 0.2) is 55.4 Å². The minimum absolute atomic E-state index is 0.255. The van der Waals surface area contributed by atoms with Crippen LogP contribution in [0.3, 0.4) is 0 Å². The molecule has 1 amide bonds. The molecule has 0 unspecified atom stereocenters. The summed E-state index contributed by atoms with van der Waals surface area (Å²) >= 11 is 0. The van der Waals surface area contributed by atoms with E-state index in [-0.39, 0.29) is 11.6 Å². The van der Waals surface area contributed by atoms with Gasteiger partial charge in [-0.1, -0.05) is 6.07 Å². The smallest absolute Gasteiger partial charge is 0.275 e. The van der Waals surface area contributed by atoms with E-state index in [0.717, 1.165) is 22.8 Å². The molecule has 4 aromatic rings.